The minimum absolute atomic E-state index is 0.380. The third kappa shape index (κ3) is 2.20. The summed E-state index contributed by atoms with van der Waals surface area (Å²) in [5, 5.41) is 2.72. The molecule has 0 spiro atoms. The van der Waals surface area contributed by atoms with Crippen LogP contribution in [-0.4, -0.2) is 18.3 Å². The van der Waals surface area contributed by atoms with Gasteiger partial charge in [-0.2, -0.15) is 0 Å². The molecule has 3 nitrogen and oxygen atoms in total. The average Bonchev–Trinajstić information content (AvgIpc) is 2.93. The molecule has 5 heteroatoms. The summed E-state index contributed by atoms with van der Waals surface area (Å²) in [6.07, 6.45) is 0. The Kier molecular flexibility index (Phi) is 3.12. The van der Waals surface area contributed by atoms with Crippen LogP contribution in [0, 0.1) is 0 Å². The number of para-hydroxylation sites is 1. The lowest BCUT2D eigenvalue weighted by Gasteiger charge is -2.32. The minimum atomic E-state index is -0.445. The molecule has 0 atom stereocenters. The highest BCUT2D eigenvalue weighted by molar-refractivity contribution is 6.65. The van der Waals surface area contributed by atoms with Gasteiger partial charge in [0.15, 0.2) is 0 Å². The molecule has 0 aliphatic carbocycles. The van der Waals surface area contributed by atoms with E-state index in [1.165, 1.54) is 0 Å². The number of benzene rings is 2. The van der Waals surface area contributed by atoms with Crippen molar-refractivity contribution in [1.82, 2.24) is 0 Å². The summed E-state index contributed by atoms with van der Waals surface area (Å²) >= 11 is 6.13. The van der Waals surface area contributed by atoms with E-state index >= 15 is 0 Å². The van der Waals surface area contributed by atoms with Gasteiger partial charge in [0, 0.05) is 21.3 Å². The molecule has 0 N–H and O–H groups in total. The largest absolute Gasteiger partial charge is 0.498 e. The molecule has 0 amide bonds. The third-order valence-electron chi connectivity index (χ3n) is 5.00. The third-order valence-corrected chi connectivity index (χ3v) is 5.23. The molecule has 0 saturated carbocycles. The summed E-state index contributed by atoms with van der Waals surface area (Å²) in [5.41, 5.74) is 1.76. The van der Waals surface area contributed by atoms with E-state index in [0.29, 0.717) is 5.02 Å². The number of hydrogen-bond acceptors (Lipinski definition) is 3. The number of fused-ring (bicyclic) bond motifs is 3. The average molecular weight is 329 g/mol. The number of rotatable bonds is 1. The van der Waals surface area contributed by atoms with Crippen LogP contribution in [-0.2, 0) is 9.31 Å². The van der Waals surface area contributed by atoms with Crippen LogP contribution in [0.4, 0.5) is 0 Å². The van der Waals surface area contributed by atoms with Gasteiger partial charge in [-0.1, -0.05) is 29.8 Å². The number of halogens is 1. The van der Waals surface area contributed by atoms with E-state index in [2.05, 4.69) is 0 Å². The van der Waals surface area contributed by atoms with Gasteiger partial charge in [0.25, 0.3) is 0 Å². The first-order valence-electron chi connectivity index (χ1n) is 7.75. The number of hydrogen-bond donors (Lipinski definition) is 0. The fourth-order valence-electron chi connectivity index (χ4n) is 2.95. The smallest absolute Gasteiger partial charge is 0.456 e. The van der Waals surface area contributed by atoms with Gasteiger partial charge in [0.2, 0.25) is 0 Å². The van der Waals surface area contributed by atoms with Crippen LogP contribution in [0.3, 0.4) is 0 Å². The molecule has 0 unspecified atom stereocenters. The fraction of sp³-hybridized carbons (Fsp3) is 0.333. The summed E-state index contributed by atoms with van der Waals surface area (Å²) < 4.78 is 18.4. The highest BCUT2D eigenvalue weighted by Gasteiger charge is 2.52. The fourth-order valence-corrected chi connectivity index (χ4v) is 3.12. The zero-order valence-electron chi connectivity index (χ0n) is 13.6. The molecule has 1 aliphatic heterocycles. The Morgan fingerprint density at radius 3 is 2.30 bits per heavy atom. The first-order chi connectivity index (χ1) is 10.8. The lowest BCUT2D eigenvalue weighted by molar-refractivity contribution is 0.00578. The summed E-state index contributed by atoms with van der Waals surface area (Å²) in [6, 6.07) is 11.7. The van der Waals surface area contributed by atoms with Crippen LogP contribution in [0.25, 0.3) is 21.9 Å². The van der Waals surface area contributed by atoms with Crippen LogP contribution in [0.2, 0.25) is 5.02 Å². The standard InChI is InChI=1S/C18H18BClO3/c1-17(2)18(3,4)23-19(22-17)14-7-5-6-12-13-10-11(20)8-9-15(13)21-16(12)14/h5-10H,1-4H3. The van der Waals surface area contributed by atoms with E-state index < -0.39 is 7.12 Å². The molecule has 3 aromatic rings. The molecule has 0 radical (unpaired) electrons. The molecule has 2 heterocycles. The van der Waals surface area contributed by atoms with E-state index in [4.69, 9.17) is 25.3 Å². The van der Waals surface area contributed by atoms with E-state index in [9.17, 15) is 0 Å². The van der Waals surface area contributed by atoms with Crippen molar-refractivity contribution in [3.63, 3.8) is 0 Å². The van der Waals surface area contributed by atoms with Crippen molar-refractivity contribution in [2.24, 2.45) is 0 Å². The minimum Gasteiger partial charge on any atom is -0.456 e. The molecule has 1 aromatic heterocycles. The van der Waals surface area contributed by atoms with Gasteiger partial charge in [0.05, 0.1) is 11.2 Å². The molecule has 1 aliphatic rings. The molecule has 0 bridgehead atoms. The molecule has 1 saturated heterocycles. The molecular weight excluding hydrogens is 310 g/mol. The van der Waals surface area contributed by atoms with E-state index in [-0.39, 0.29) is 11.2 Å². The molecule has 4 rings (SSSR count). The van der Waals surface area contributed by atoms with Gasteiger partial charge in [-0.05, 0) is 45.9 Å². The normalized spacial score (nSPS) is 19.8. The first kappa shape index (κ1) is 15.1. The lowest BCUT2D eigenvalue weighted by Crippen LogP contribution is -2.41. The second-order valence-corrected chi connectivity index (χ2v) is 7.49. The SMILES string of the molecule is CC1(C)OB(c2cccc3c2oc2ccc(Cl)cc23)OC1(C)C. The van der Waals surface area contributed by atoms with Crippen LogP contribution in [0.1, 0.15) is 27.7 Å². The predicted molar refractivity (Wildman–Crippen MR) is 94.4 cm³/mol. The number of furan rings is 1. The molecule has 23 heavy (non-hydrogen) atoms. The highest BCUT2D eigenvalue weighted by Crippen LogP contribution is 2.38. The van der Waals surface area contributed by atoms with Crippen molar-refractivity contribution in [1.29, 1.82) is 0 Å². The maximum atomic E-state index is 6.17. The Morgan fingerprint density at radius 1 is 0.913 bits per heavy atom. The van der Waals surface area contributed by atoms with Gasteiger partial charge < -0.3 is 13.7 Å². The maximum Gasteiger partial charge on any atom is 0.498 e. The molecule has 1 fully saturated rings. The topological polar surface area (TPSA) is 31.6 Å². The van der Waals surface area contributed by atoms with Crippen molar-refractivity contribution >= 4 is 46.1 Å². The summed E-state index contributed by atoms with van der Waals surface area (Å²) in [7, 11) is -0.445. The van der Waals surface area contributed by atoms with Crippen molar-refractivity contribution in [2.45, 2.75) is 38.9 Å². The van der Waals surface area contributed by atoms with Crippen molar-refractivity contribution < 1.29 is 13.7 Å². The Bertz CT molecular complexity index is 897. The van der Waals surface area contributed by atoms with Gasteiger partial charge >= 0.3 is 7.12 Å². The van der Waals surface area contributed by atoms with Crippen molar-refractivity contribution in [2.75, 3.05) is 0 Å². The summed E-state index contributed by atoms with van der Waals surface area (Å²) in [5.74, 6) is 0. The molecule has 2 aromatic carbocycles. The van der Waals surface area contributed by atoms with E-state index in [1.54, 1.807) is 0 Å². The van der Waals surface area contributed by atoms with Gasteiger partial charge in [-0.15, -0.1) is 0 Å². The molecule has 118 valence electrons. The Morgan fingerprint density at radius 2 is 1.61 bits per heavy atom. The lowest BCUT2D eigenvalue weighted by atomic mass is 9.78. The predicted octanol–water partition coefficient (Wildman–Crippen LogP) is 4.54. The van der Waals surface area contributed by atoms with Gasteiger partial charge in [-0.3, -0.25) is 0 Å². The van der Waals surface area contributed by atoms with Crippen LogP contribution < -0.4 is 5.46 Å². The van der Waals surface area contributed by atoms with Crippen LogP contribution >= 0.6 is 11.6 Å². The van der Waals surface area contributed by atoms with Gasteiger partial charge in [0.1, 0.15) is 11.2 Å². The second kappa shape index (κ2) is 4.76. The maximum absolute atomic E-state index is 6.17. The zero-order chi connectivity index (χ0) is 16.4. The Balaban J connectivity index is 1.90. The van der Waals surface area contributed by atoms with E-state index in [1.807, 2.05) is 64.1 Å². The van der Waals surface area contributed by atoms with Crippen LogP contribution in [0.15, 0.2) is 40.8 Å². The highest BCUT2D eigenvalue weighted by atomic mass is 35.5. The Hall–Kier alpha value is -1.49. The van der Waals surface area contributed by atoms with Gasteiger partial charge in [-0.25, -0.2) is 0 Å². The quantitative estimate of drug-likeness (QED) is 0.615. The summed E-state index contributed by atoms with van der Waals surface area (Å²) in [4.78, 5) is 0. The zero-order valence-corrected chi connectivity index (χ0v) is 14.4. The van der Waals surface area contributed by atoms with Crippen LogP contribution in [0.5, 0.6) is 0 Å². The van der Waals surface area contributed by atoms with Crippen molar-refractivity contribution in [3.05, 3.63) is 41.4 Å². The molecular formula is C18H18BClO3. The monoisotopic (exact) mass is 328 g/mol. The van der Waals surface area contributed by atoms with Crippen molar-refractivity contribution in [3.8, 4) is 0 Å². The summed E-state index contributed by atoms with van der Waals surface area (Å²) in [6.45, 7) is 8.19. The first-order valence-corrected chi connectivity index (χ1v) is 8.13. The Labute approximate surface area is 140 Å². The second-order valence-electron chi connectivity index (χ2n) is 7.05. The van der Waals surface area contributed by atoms with E-state index in [0.717, 1.165) is 27.4 Å².